The second kappa shape index (κ2) is 7.32. The van der Waals surface area contributed by atoms with Crippen LogP contribution in [0, 0.1) is 6.92 Å². The molecule has 0 aliphatic heterocycles. The zero-order valence-corrected chi connectivity index (χ0v) is 13.4. The van der Waals surface area contributed by atoms with Crippen LogP contribution in [-0.4, -0.2) is 17.2 Å². The fraction of sp³-hybridized carbons (Fsp3) is 0.278. The van der Waals surface area contributed by atoms with E-state index >= 15 is 0 Å². The summed E-state index contributed by atoms with van der Waals surface area (Å²) in [6, 6.07) is 13.1. The topological polar surface area (TPSA) is 46.5 Å². The third-order valence-electron chi connectivity index (χ3n) is 3.54. The van der Waals surface area contributed by atoms with Crippen molar-refractivity contribution in [2.75, 3.05) is 0 Å². The van der Waals surface area contributed by atoms with E-state index in [2.05, 4.69) is 6.92 Å². The van der Waals surface area contributed by atoms with E-state index in [0.29, 0.717) is 17.2 Å². The van der Waals surface area contributed by atoms with Crippen LogP contribution in [-0.2, 0) is 17.6 Å². The van der Waals surface area contributed by atoms with Crippen molar-refractivity contribution in [2.45, 2.75) is 32.8 Å². The highest BCUT2D eigenvalue weighted by Crippen LogP contribution is 2.22. The first kappa shape index (κ1) is 16.4. The van der Waals surface area contributed by atoms with Crippen LogP contribution in [0.5, 0.6) is 5.75 Å². The van der Waals surface area contributed by atoms with Gasteiger partial charge >= 0.3 is 5.97 Å². The molecule has 0 heterocycles. The molecular formula is C18H19ClO3. The molecule has 0 saturated carbocycles. The van der Waals surface area contributed by atoms with Crippen LogP contribution in [0.2, 0.25) is 5.02 Å². The van der Waals surface area contributed by atoms with Crippen molar-refractivity contribution >= 4 is 17.6 Å². The monoisotopic (exact) mass is 318 g/mol. The number of halogens is 1. The lowest BCUT2D eigenvalue weighted by Gasteiger charge is -2.16. The summed E-state index contributed by atoms with van der Waals surface area (Å²) in [5.41, 5.74) is 3.02. The number of hydrogen-bond donors (Lipinski definition) is 1. The molecule has 2 aromatic carbocycles. The predicted molar refractivity (Wildman–Crippen MR) is 87.8 cm³/mol. The normalized spacial score (nSPS) is 12.0. The van der Waals surface area contributed by atoms with Crippen LogP contribution >= 0.6 is 11.6 Å². The third-order valence-corrected chi connectivity index (χ3v) is 3.96. The Bertz CT molecular complexity index is 650. The van der Waals surface area contributed by atoms with Crippen LogP contribution in [0.15, 0.2) is 42.5 Å². The Hall–Kier alpha value is -2.00. The van der Waals surface area contributed by atoms with E-state index in [1.165, 1.54) is 5.56 Å². The van der Waals surface area contributed by atoms with Gasteiger partial charge < -0.3 is 9.84 Å². The SMILES string of the molecule is CCc1ccc(CC(Oc2ccc(Cl)c(C)c2)C(=O)O)cc1. The molecule has 1 atom stereocenters. The van der Waals surface area contributed by atoms with Crippen molar-refractivity contribution in [1.29, 1.82) is 0 Å². The van der Waals surface area contributed by atoms with E-state index in [4.69, 9.17) is 16.3 Å². The molecule has 1 unspecified atom stereocenters. The summed E-state index contributed by atoms with van der Waals surface area (Å²) in [4.78, 5) is 11.4. The number of carboxylic acid groups (broad SMARTS) is 1. The van der Waals surface area contributed by atoms with Crippen molar-refractivity contribution in [3.63, 3.8) is 0 Å². The second-order valence-corrected chi connectivity index (χ2v) is 5.64. The summed E-state index contributed by atoms with van der Waals surface area (Å²) < 4.78 is 5.61. The summed E-state index contributed by atoms with van der Waals surface area (Å²) in [7, 11) is 0. The van der Waals surface area contributed by atoms with Gasteiger partial charge in [-0.3, -0.25) is 0 Å². The van der Waals surface area contributed by atoms with E-state index < -0.39 is 12.1 Å². The Morgan fingerprint density at radius 3 is 2.36 bits per heavy atom. The largest absolute Gasteiger partial charge is 0.478 e. The van der Waals surface area contributed by atoms with Gasteiger partial charge in [0.05, 0.1) is 0 Å². The Balaban J connectivity index is 2.12. The maximum atomic E-state index is 11.4. The van der Waals surface area contributed by atoms with E-state index in [0.717, 1.165) is 17.5 Å². The van der Waals surface area contributed by atoms with Crippen LogP contribution in [0.4, 0.5) is 0 Å². The molecule has 4 heteroatoms. The maximum Gasteiger partial charge on any atom is 0.345 e. The number of ether oxygens (including phenoxy) is 1. The average Bonchev–Trinajstić information content (AvgIpc) is 2.51. The molecule has 116 valence electrons. The molecule has 2 aromatic rings. The number of hydrogen-bond acceptors (Lipinski definition) is 2. The van der Waals surface area contributed by atoms with Gasteiger partial charge in [0.1, 0.15) is 5.75 Å². The molecule has 0 amide bonds. The number of rotatable bonds is 6. The van der Waals surface area contributed by atoms with Crippen LogP contribution < -0.4 is 4.74 Å². The summed E-state index contributed by atoms with van der Waals surface area (Å²) >= 11 is 5.97. The number of aliphatic carboxylic acids is 1. The van der Waals surface area contributed by atoms with E-state index in [9.17, 15) is 9.90 Å². The first-order valence-electron chi connectivity index (χ1n) is 7.23. The first-order chi connectivity index (χ1) is 10.5. The minimum atomic E-state index is -0.979. The van der Waals surface area contributed by atoms with E-state index in [-0.39, 0.29) is 0 Å². The molecule has 2 rings (SSSR count). The minimum Gasteiger partial charge on any atom is -0.478 e. The second-order valence-electron chi connectivity index (χ2n) is 5.23. The number of carboxylic acids is 1. The van der Waals surface area contributed by atoms with Gasteiger partial charge in [-0.05, 0) is 48.2 Å². The molecule has 1 N–H and O–H groups in total. The lowest BCUT2D eigenvalue weighted by molar-refractivity contribution is -0.145. The molecule has 0 saturated heterocycles. The molecule has 0 fully saturated rings. The number of carbonyl (C=O) groups is 1. The highest BCUT2D eigenvalue weighted by molar-refractivity contribution is 6.31. The quantitative estimate of drug-likeness (QED) is 0.864. The Morgan fingerprint density at radius 2 is 1.82 bits per heavy atom. The van der Waals surface area contributed by atoms with Gasteiger partial charge in [-0.2, -0.15) is 0 Å². The van der Waals surface area contributed by atoms with Gasteiger partial charge in [-0.1, -0.05) is 42.8 Å². The lowest BCUT2D eigenvalue weighted by atomic mass is 10.0. The minimum absolute atomic E-state index is 0.320. The Morgan fingerprint density at radius 1 is 1.18 bits per heavy atom. The van der Waals surface area contributed by atoms with Crippen LogP contribution in [0.3, 0.4) is 0 Å². The van der Waals surface area contributed by atoms with Gasteiger partial charge in [-0.15, -0.1) is 0 Å². The first-order valence-corrected chi connectivity index (χ1v) is 7.61. The van der Waals surface area contributed by atoms with Gasteiger partial charge in [0, 0.05) is 11.4 Å². The Kier molecular flexibility index (Phi) is 5.45. The van der Waals surface area contributed by atoms with Gasteiger partial charge in [-0.25, -0.2) is 4.79 Å². The summed E-state index contributed by atoms with van der Waals surface area (Å²) in [6.07, 6.45) is 0.359. The van der Waals surface area contributed by atoms with Gasteiger partial charge in [0.15, 0.2) is 6.10 Å². The fourth-order valence-corrected chi connectivity index (χ4v) is 2.28. The molecule has 3 nitrogen and oxygen atoms in total. The third kappa shape index (κ3) is 4.25. The van der Waals surface area contributed by atoms with Crippen molar-refractivity contribution < 1.29 is 14.6 Å². The lowest BCUT2D eigenvalue weighted by Crippen LogP contribution is -2.29. The predicted octanol–water partition coefficient (Wildman–Crippen LogP) is 4.29. The van der Waals surface area contributed by atoms with Crippen LogP contribution in [0.1, 0.15) is 23.6 Å². The maximum absolute atomic E-state index is 11.4. The van der Waals surface area contributed by atoms with Gasteiger partial charge in [0.25, 0.3) is 0 Å². The highest BCUT2D eigenvalue weighted by atomic mass is 35.5. The molecule has 22 heavy (non-hydrogen) atoms. The van der Waals surface area contributed by atoms with E-state index in [1.54, 1.807) is 18.2 Å². The molecule has 0 aromatic heterocycles. The molecule has 0 bridgehead atoms. The molecule has 0 aliphatic rings. The highest BCUT2D eigenvalue weighted by Gasteiger charge is 2.20. The molecule has 0 spiro atoms. The molecule has 0 radical (unpaired) electrons. The zero-order valence-electron chi connectivity index (χ0n) is 12.7. The average molecular weight is 319 g/mol. The van der Waals surface area contributed by atoms with Crippen molar-refractivity contribution in [2.24, 2.45) is 0 Å². The molecular weight excluding hydrogens is 300 g/mol. The van der Waals surface area contributed by atoms with Crippen molar-refractivity contribution in [3.05, 3.63) is 64.2 Å². The Labute approximate surface area is 135 Å². The van der Waals surface area contributed by atoms with E-state index in [1.807, 2.05) is 31.2 Å². The zero-order chi connectivity index (χ0) is 16.1. The van der Waals surface area contributed by atoms with Gasteiger partial charge in [0.2, 0.25) is 0 Å². The summed E-state index contributed by atoms with van der Waals surface area (Å²) in [6.45, 7) is 3.94. The molecule has 0 aliphatic carbocycles. The smallest absolute Gasteiger partial charge is 0.345 e. The summed E-state index contributed by atoms with van der Waals surface area (Å²) in [5, 5.41) is 10.0. The number of benzene rings is 2. The fourth-order valence-electron chi connectivity index (χ4n) is 2.16. The van der Waals surface area contributed by atoms with Crippen molar-refractivity contribution in [3.8, 4) is 5.75 Å². The standard InChI is InChI=1S/C18H19ClO3/c1-3-13-4-6-14(7-5-13)11-17(18(20)21)22-15-8-9-16(19)12(2)10-15/h4-10,17H,3,11H2,1-2H3,(H,20,21). The van der Waals surface area contributed by atoms with Crippen LogP contribution in [0.25, 0.3) is 0 Å². The van der Waals surface area contributed by atoms with Crippen molar-refractivity contribution in [1.82, 2.24) is 0 Å². The summed E-state index contributed by atoms with van der Waals surface area (Å²) in [5.74, 6) is -0.466. The number of aryl methyl sites for hydroxylation is 2.